The van der Waals surface area contributed by atoms with Gasteiger partial charge in [-0.25, -0.2) is 4.39 Å². The van der Waals surface area contributed by atoms with Crippen molar-refractivity contribution >= 4 is 11.6 Å². The number of unbranched alkanes of at least 4 members (excludes halogenated alkanes) is 1. The molecule has 1 unspecified atom stereocenters. The minimum atomic E-state index is -0.504. The maximum atomic E-state index is 15.2. The number of nitrogens with zero attached hydrogens (tertiary/aromatic N) is 1. The van der Waals surface area contributed by atoms with Crippen molar-refractivity contribution in [3.05, 3.63) is 53.3 Å². The van der Waals surface area contributed by atoms with Crippen molar-refractivity contribution < 1.29 is 24.1 Å². The highest BCUT2D eigenvalue weighted by Crippen LogP contribution is 2.61. The van der Waals surface area contributed by atoms with Crippen LogP contribution in [0.2, 0.25) is 0 Å². The number of hydrogen-bond donors (Lipinski definition) is 3. The molecule has 2 aromatic rings. The predicted molar refractivity (Wildman–Crippen MR) is 158 cm³/mol. The van der Waals surface area contributed by atoms with Crippen molar-refractivity contribution in [3.8, 4) is 11.5 Å². The first-order chi connectivity index (χ1) is 19.8. The molecule has 0 bridgehead atoms. The van der Waals surface area contributed by atoms with Gasteiger partial charge in [-0.05, 0) is 125 Å². The number of nitrogens with one attached hydrogen (secondary N) is 1. The third kappa shape index (κ3) is 5.85. The number of ether oxygens (including phenoxy) is 1. The third-order valence-corrected chi connectivity index (χ3v) is 10.7. The van der Waals surface area contributed by atoms with Gasteiger partial charge in [0, 0.05) is 23.8 Å². The van der Waals surface area contributed by atoms with E-state index >= 15 is 4.39 Å². The Bertz CT molecular complexity index is 1250. The molecule has 1 heterocycles. The number of hydrogen-bond acceptors (Lipinski definition) is 5. The number of aromatic hydroxyl groups is 1. The number of likely N-dealkylation sites (tertiary alicyclic amines) is 1. The van der Waals surface area contributed by atoms with Crippen LogP contribution in [0.4, 0.5) is 10.1 Å². The van der Waals surface area contributed by atoms with Crippen LogP contribution in [-0.2, 0) is 11.2 Å². The van der Waals surface area contributed by atoms with Gasteiger partial charge in [0.15, 0.2) is 0 Å². The molecule has 2 aromatic carbocycles. The van der Waals surface area contributed by atoms with Crippen molar-refractivity contribution in [1.29, 1.82) is 0 Å². The quantitative estimate of drug-likeness (QED) is 0.323. The number of phenolic OH excluding ortho intramolecular Hbond substituents is 1. The van der Waals surface area contributed by atoms with Crippen LogP contribution >= 0.6 is 0 Å². The van der Waals surface area contributed by atoms with E-state index in [9.17, 15) is 15.0 Å². The van der Waals surface area contributed by atoms with Crippen LogP contribution in [0.25, 0.3) is 0 Å². The second-order valence-electron chi connectivity index (χ2n) is 13.2. The Morgan fingerprint density at radius 1 is 1.10 bits per heavy atom. The highest BCUT2D eigenvalue weighted by atomic mass is 19.1. The van der Waals surface area contributed by atoms with Gasteiger partial charge in [0.1, 0.15) is 23.4 Å². The molecule has 222 valence electrons. The second kappa shape index (κ2) is 11.9. The van der Waals surface area contributed by atoms with Gasteiger partial charge < -0.3 is 25.2 Å². The van der Waals surface area contributed by atoms with Gasteiger partial charge in [0.2, 0.25) is 5.91 Å². The zero-order chi connectivity index (χ0) is 28.6. The Kier molecular flexibility index (Phi) is 8.28. The number of aliphatic hydroxyl groups excluding tert-OH is 1. The zero-order valence-corrected chi connectivity index (χ0v) is 24.3. The predicted octanol–water partition coefficient (Wildman–Crippen LogP) is 6.40. The van der Waals surface area contributed by atoms with Gasteiger partial charge in [-0.2, -0.15) is 0 Å². The summed E-state index contributed by atoms with van der Waals surface area (Å²) in [4.78, 5) is 15.0. The number of aliphatic hydroxyl groups is 1. The topological polar surface area (TPSA) is 82.0 Å². The average molecular weight is 565 g/mol. The molecule has 0 spiro atoms. The van der Waals surface area contributed by atoms with E-state index < -0.39 is 5.82 Å². The Balaban J connectivity index is 1.12. The lowest BCUT2D eigenvalue weighted by atomic mass is 9.54. The first kappa shape index (κ1) is 28.5. The van der Waals surface area contributed by atoms with E-state index in [0.717, 1.165) is 63.7 Å². The summed E-state index contributed by atoms with van der Waals surface area (Å²) in [5.74, 6) is 0.947. The second-order valence-corrected chi connectivity index (χ2v) is 13.2. The van der Waals surface area contributed by atoms with Crippen molar-refractivity contribution in [1.82, 2.24) is 4.90 Å². The van der Waals surface area contributed by atoms with Gasteiger partial charge in [0.25, 0.3) is 0 Å². The zero-order valence-electron chi connectivity index (χ0n) is 24.3. The summed E-state index contributed by atoms with van der Waals surface area (Å²) in [5, 5.41) is 23.9. The molecule has 7 heteroatoms. The van der Waals surface area contributed by atoms with E-state index in [-0.39, 0.29) is 40.9 Å². The number of carbonyl (C=O) groups is 1. The van der Waals surface area contributed by atoms with Crippen LogP contribution < -0.4 is 10.1 Å². The summed E-state index contributed by atoms with van der Waals surface area (Å²) in [5.41, 5.74) is 2.30. The van der Waals surface area contributed by atoms with E-state index in [2.05, 4.69) is 17.1 Å². The molecule has 6 rings (SSSR count). The highest BCUT2D eigenvalue weighted by molar-refractivity contribution is 5.90. The van der Waals surface area contributed by atoms with Crippen molar-refractivity contribution in [2.24, 2.45) is 17.3 Å². The maximum Gasteiger partial charge on any atom is 0.224 e. The minimum absolute atomic E-state index is 0.120. The van der Waals surface area contributed by atoms with E-state index in [1.807, 2.05) is 12.1 Å². The fraction of sp³-hybridized carbons (Fsp3) is 0.618. The van der Waals surface area contributed by atoms with Crippen LogP contribution in [0, 0.1) is 23.1 Å². The first-order valence-corrected chi connectivity index (χ1v) is 15.8. The lowest BCUT2D eigenvalue weighted by Crippen LogP contribution is -2.51. The summed E-state index contributed by atoms with van der Waals surface area (Å²) in [6.07, 6.45) is 9.82. The standard InChI is InChI=1S/C34H45FN2O4/c1-34-21-30(33-25-12-9-23(38)19-22(25)8-11-26(33)27(34)13-15-31(34)39)41-24-10-14-29(28(35)20-24)36-32(40)7-3-6-18-37-16-4-2-5-17-37/h9-10,12,14,19-20,26-27,30-31,33,38-39H,2-8,11,13,15-18,21H2,1H3,(H,36,40)/t26-,27?,30-,31-,33+,34-/m0/s1. The number of rotatable bonds is 8. The molecule has 0 aromatic heterocycles. The Morgan fingerprint density at radius 2 is 1.93 bits per heavy atom. The van der Waals surface area contributed by atoms with Gasteiger partial charge in [-0.1, -0.05) is 19.4 Å². The third-order valence-electron chi connectivity index (χ3n) is 10.7. The average Bonchev–Trinajstić information content (AvgIpc) is 3.26. The Labute approximate surface area is 243 Å². The molecule has 3 fully saturated rings. The number of anilines is 1. The lowest BCUT2D eigenvalue weighted by Gasteiger charge is -2.53. The highest BCUT2D eigenvalue weighted by Gasteiger charge is 2.58. The van der Waals surface area contributed by atoms with Crippen LogP contribution in [0.15, 0.2) is 36.4 Å². The normalized spacial score (nSPS) is 31.1. The first-order valence-electron chi connectivity index (χ1n) is 15.8. The SMILES string of the molecule is C[C@]12C[C@H](Oc3ccc(NC(=O)CCCCN4CCCCC4)c(F)c3)[C@@H]3c4ccc(O)cc4CC[C@H]3C1CC[C@@H]2O. The number of halogens is 1. The molecule has 4 aliphatic rings. The molecule has 3 aliphatic carbocycles. The lowest BCUT2D eigenvalue weighted by molar-refractivity contribution is -0.116. The van der Waals surface area contributed by atoms with E-state index in [0.29, 0.717) is 30.4 Å². The largest absolute Gasteiger partial charge is 0.508 e. The number of fused-ring (bicyclic) bond motifs is 5. The summed E-state index contributed by atoms with van der Waals surface area (Å²) in [7, 11) is 0. The molecule has 1 saturated heterocycles. The van der Waals surface area contributed by atoms with Crippen molar-refractivity contribution in [2.75, 3.05) is 25.0 Å². The fourth-order valence-electron chi connectivity index (χ4n) is 8.57. The molecule has 6 atom stereocenters. The number of benzene rings is 2. The van der Waals surface area contributed by atoms with Crippen molar-refractivity contribution in [3.63, 3.8) is 0 Å². The van der Waals surface area contributed by atoms with Gasteiger partial charge in [-0.3, -0.25) is 4.79 Å². The van der Waals surface area contributed by atoms with E-state index in [4.69, 9.17) is 4.74 Å². The number of phenols is 1. The monoisotopic (exact) mass is 564 g/mol. The fourth-order valence-corrected chi connectivity index (χ4v) is 8.57. The van der Waals surface area contributed by atoms with Crippen LogP contribution in [0.3, 0.4) is 0 Å². The van der Waals surface area contributed by atoms with Crippen LogP contribution in [-0.4, -0.2) is 52.9 Å². The number of carbonyl (C=O) groups excluding carboxylic acids is 1. The molecule has 6 nitrogen and oxygen atoms in total. The molecule has 2 saturated carbocycles. The number of piperidine rings is 1. The maximum absolute atomic E-state index is 15.2. The molecular formula is C34H45FN2O4. The van der Waals surface area contributed by atoms with Gasteiger partial charge in [0.05, 0.1) is 11.8 Å². The van der Waals surface area contributed by atoms with Crippen LogP contribution in [0.5, 0.6) is 11.5 Å². The summed E-state index contributed by atoms with van der Waals surface area (Å²) in [6.45, 7) is 5.54. The summed E-state index contributed by atoms with van der Waals surface area (Å²) >= 11 is 0. The molecule has 0 radical (unpaired) electrons. The molecule has 1 aliphatic heterocycles. The van der Waals surface area contributed by atoms with Gasteiger partial charge >= 0.3 is 0 Å². The molecular weight excluding hydrogens is 519 g/mol. The summed E-state index contributed by atoms with van der Waals surface area (Å²) < 4.78 is 21.8. The Hall–Kier alpha value is -2.64. The minimum Gasteiger partial charge on any atom is -0.508 e. The molecule has 1 amide bonds. The summed E-state index contributed by atoms with van der Waals surface area (Å²) in [6, 6.07) is 10.4. The van der Waals surface area contributed by atoms with E-state index in [1.165, 1.54) is 30.9 Å². The smallest absolute Gasteiger partial charge is 0.224 e. The van der Waals surface area contributed by atoms with Gasteiger partial charge in [-0.15, -0.1) is 0 Å². The molecule has 3 N–H and O–H groups in total. The van der Waals surface area contributed by atoms with Crippen molar-refractivity contribution in [2.45, 2.75) is 95.7 Å². The Morgan fingerprint density at radius 3 is 2.73 bits per heavy atom. The molecule has 41 heavy (non-hydrogen) atoms. The van der Waals surface area contributed by atoms with Crippen LogP contribution in [0.1, 0.15) is 88.2 Å². The van der Waals surface area contributed by atoms with E-state index in [1.54, 1.807) is 18.2 Å². The number of aryl methyl sites for hydroxylation is 1. The number of amides is 1.